The predicted octanol–water partition coefficient (Wildman–Crippen LogP) is 4.91. The van der Waals surface area contributed by atoms with Gasteiger partial charge < -0.3 is 0 Å². The minimum atomic E-state index is -0.0857. The summed E-state index contributed by atoms with van der Waals surface area (Å²) in [4.78, 5) is 15.4. The summed E-state index contributed by atoms with van der Waals surface area (Å²) in [6.07, 6.45) is 0.708. The Labute approximate surface area is 195 Å². The monoisotopic (exact) mass is 486 g/mol. The van der Waals surface area contributed by atoms with E-state index in [9.17, 15) is 4.79 Å². The van der Waals surface area contributed by atoms with Crippen LogP contribution in [0, 0.1) is 0 Å². The molecule has 0 aliphatic carbocycles. The van der Waals surface area contributed by atoms with Crippen LogP contribution in [0.1, 0.15) is 22.2 Å². The van der Waals surface area contributed by atoms with Crippen molar-refractivity contribution < 1.29 is 4.79 Å². The molecule has 31 heavy (non-hydrogen) atoms. The fourth-order valence-corrected chi connectivity index (χ4v) is 5.64. The lowest BCUT2D eigenvalue weighted by Gasteiger charge is -2.20. The van der Waals surface area contributed by atoms with Gasteiger partial charge >= 0.3 is 0 Å². The smallest absolute Gasteiger partial charge is 0.253 e. The summed E-state index contributed by atoms with van der Waals surface area (Å²) in [7, 11) is 0. The molecule has 0 spiro atoms. The first kappa shape index (κ1) is 20.4. The van der Waals surface area contributed by atoms with Gasteiger partial charge in [0.15, 0.2) is 0 Å². The Kier molecular flexibility index (Phi) is 5.86. The van der Waals surface area contributed by atoms with E-state index in [-0.39, 0.29) is 17.7 Å². The van der Waals surface area contributed by atoms with Crippen molar-refractivity contribution in [1.82, 2.24) is 25.2 Å². The normalized spacial score (nSPS) is 16.0. The molecule has 1 aliphatic heterocycles. The molecule has 1 atom stereocenters. The van der Waals surface area contributed by atoms with Gasteiger partial charge in [0.25, 0.3) is 5.91 Å². The highest BCUT2D eigenvalue weighted by Crippen LogP contribution is 2.36. The Morgan fingerprint density at radius 1 is 1.13 bits per heavy atom. The maximum Gasteiger partial charge on any atom is 0.253 e. The average Bonchev–Trinajstić information content (AvgIpc) is 3.58. The first-order chi connectivity index (χ1) is 15.2. The molecule has 4 heterocycles. The number of halogens is 1. The molecule has 0 bridgehead atoms. The lowest BCUT2D eigenvalue weighted by atomic mass is 10.1. The lowest BCUT2D eigenvalue weighted by Crippen LogP contribution is -2.28. The third kappa shape index (κ3) is 4.29. The summed E-state index contributed by atoms with van der Waals surface area (Å²) in [5, 5.41) is 23.4. The van der Waals surface area contributed by atoms with E-state index in [0.29, 0.717) is 16.6 Å². The fraction of sp³-hybridized carbons (Fsp3) is 0.150. The number of aromatic nitrogens is 4. The maximum absolute atomic E-state index is 13.2. The Morgan fingerprint density at radius 3 is 2.68 bits per heavy atom. The van der Waals surface area contributed by atoms with Gasteiger partial charge in [-0.25, -0.2) is 5.01 Å². The van der Waals surface area contributed by atoms with Crippen molar-refractivity contribution in [1.29, 1.82) is 0 Å². The number of carbonyl (C=O) groups is 1. The molecular formula is C20H15ClN6OS3. The van der Waals surface area contributed by atoms with Gasteiger partial charge in [0.2, 0.25) is 5.16 Å². The van der Waals surface area contributed by atoms with Gasteiger partial charge in [0, 0.05) is 16.3 Å². The van der Waals surface area contributed by atoms with Gasteiger partial charge in [0.05, 0.1) is 28.1 Å². The standard InChI is InChI=1S/C20H15ClN6OS3/c21-13-5-7-14(8-6-13)26-20(22-24-25-26)31-12-19(28)27-16(18-4-2-10-30-18)11-15(23-27)17-3-1-9-29-17/h1-10,16H,11-12H2. The van der Waals surface area contributed by atoms with Crippen LogP contribution in [0.25, 0.3) is 5.69 Å². The van der Waals surface area contributed by atoms with Crippen LogP contribution in [0.2, 0.25) is 5.02 Å². The molecule has 0 fully saturated rings. The van der Waals surface area contributed by atoms with Crippen LogP contribution in [0.15, 0.2) is 69.5 Å². The van der Waals surface area contributed by atoms with E-state index < -0.39 is 0 Å². The SMILES string of the molecule is O=C(CSc1nnnn1-c1ccc(Cl)cc1)N1N=C(c2cccs2)CC1c1cccs1. The Hall–Kier alpha value is -2.53. The van der Waals surface area contributed by atoms with Crippen LogP contribution < -0.4 is 0 Å². The zero-order chi connectivity index (χ0) is 21.2. The van der Waals surface area contributed by atoms with E-state index in [1.807, 2.05) is 41.1 Å². The quantitative estimate of drug-likeness (QED) is 0.362. The van der Waals surface area contributed by atoms with Crippen molar-refractivity contribution in [3.63, 3.8) is 0 Å². The van der Waals surface area contributed by atoms with E-state index in [0.717, 1.165) is 21.2 Å². The zero-order valence-electron chi connectivity index (χ0n) is 16.0. The van der Waals surface area contributed by atoms with Crippen LogP contribution >= 0.6 is 46.0 Å². The number of hydrogen-bond donors (Lipinski definition) is 0. The van der Waals surface area contributed by atoms with Crippen LogP contribution in [0.3, 0.4) is 0 Å². The van der Waals surface area contributed by atoms with Gasteiger partial charge in [-0.15, -0.1) is 27.8 Å². The van der Waals surface area contributed by atoms with Crippen LogP contribution in [0.4, 0.5) is 0 Å². The topological polar surface area (TPSA) is 76.3 Å². The van der Waals surface area contributed by atoms with Crippen molar-refractivity contribution in [3.05, 3.63) is 74.1 Å². The second-order valence-corrected chi connectivity index (χ2v) is 9.94. The van der Waals surface area contributed by atoms with E-state index in [4.69, 9.17) is 11.6 Å². The largest absolute Gasteiger partial charge is 0.272 e. The molecular weight excluding hydrogens is 472 g/mol. The minimum absolute atomic E-state index is 0.0828. The molecule has 1 amide bonds. The number of tetrazole rings is 1. The molecule has 0 radical (unpaired) electrons. The van der Waals surface area contributed by atoms with Crippen molar-refractivity contribution in [2.24, 2.45) is 5.10 Å². The summed E-state index contributed by atoms with van der Waals surface area (Å²) in [6.45, 7) is 0. The highest BCUT2D eigenvalue weighted by atomic mass is 35.5. The molecule has 7 nitrogen and oxygen atoms in total. The number of rotatable bonds is 6. The lowest BCUT2D eigenvalue weighted by molar-refractivity contribution is -0.130. The highest BCUT2D eigenvalue weighted by Gasteiger charge is 2.34. The Balaban J connectivity index is 1.34. The number of carbonyl (C=O) groups excluding carboxylic acids is 1. The van der Waals surface area contributed by atoms with E-state index in [2.05, 4.69) is 26.7 Å². The summed E-state index contributed by atoms with van der Waals surface area (Å²) in [5.74, 6) is 0.0949. The molecule has 5 rings (SSSR count). The molecule has 3 aromatic heterocycles. The van der Waals surface area contributed by atoms with Crippen molar-refractivity contribution in [2.45, 2.75) is 17.6 Å². The van der Waals surface area contributed by atoms with Crippen LogP contribution in [-0.2, 0) is 4.79 Å². The van der Waals surface area contributed by atoms with E-state index >= 15 is 0 Å². The Morgan fingerprint density at radius 2 is 1.94 bits per heavy atom. The second-order valence-electron chi connectivity index (χ2n) is 6.64. The molecule has 11 heteroatoms. The fourth-order valence-electron chi connectivity index (χ4n) is 3.24. The highest BCUT2D eigenvalue weighted by molar-refractivity contribution is 7.99. The molecule has 1 aromatic carbocycles. The molecule has 1 aliphatic rings. The summed E-state index contributed by atoms with van der Waals surface area (Å²) < 4.78 is 1.59. The number of thioether (sulfide) groups is 1. The van der Waals surface area contributed by atoms with Gasteiger partial charge in [-0.1, -0.05) is 35.5 Å². The summed E-state index contributed by atoms with van der Waals surface area (Å²) in [5.41, 5.74) is 1.72. The first-order valence-electron chi connectivity index (χ1n) is 9.33. The first-order valence-corrected chi connectivity index (χ1v) is 12.5. The molecule has 0 N–H and O–H groups in total. The minimum Gasteiger partial charge on any atom is -0.272 e. The third-order valence-electron chi connectivity index (χ3n) is 4.68. The molecule has 156 valence electrons. The van der Waals surface area contributed by atoms with Crippen molar-refractivity contribution >= 4 is 57.7 Å². The zero-order valence-corrected chi connectivity index (χ0v) is 19.2. The van der Waals surface area contributed by atoms with E-state index in [1.54, 1.807) is 44.5 Å². The van der Waals surface area contributed by atoms with Crippen molar-refractivity contribution in [3.8, 4) is 5.69 Å². The summed E-state index contributed by atoms with van der Waals surface area (Å²) >= 11 is 10.5. The van der Waals surface area contributed by atoms with Gasteiger partial charge in [-0.2, -0.15) is 9.78 Å². The number of hydrazone groups is 1. The molecule has 0 saturated heterocycles. The number of hydrogen-bond acceptors (Lipinski definition) is 8. The number of amides is 1. The van der Waals surface area contributed by atoms with Crippen LogP contribution in [-0.4, -0.2) is 42.6 Å². The Bertz CT molecular complexity index is 1200. The maximum atomic E-state index is 13.2. The number of benzene rings is 1. The van der Waals surface area contributed by atoms with E-state index in [1.165, 1.54) is 11.8 Å². The van der Waals surface area contributed by atoms with Gasteiger partial charge in [0.1, 0.15) is 0 Å². The average molecular weight is 487 g/mol. The number of nitrogens with zero attached hydrogens (tertiary/aromatic N) is 6. The third-order valence-corrected chi connectivity index (χ3v) is 7.73. The second kappa shape index (κ2) is 8.91. The van der Waals surface area contributed by atoms with Gasteiger partial charge in [-0.3, -0.25) is 4.79 Å². The predicted molar refractivity (Wildman–Crippen MR) is 124 cm³/mol. The summed E-state index contributed by atoms with van der Waals surface area (Å²) in [6, 6.07) is 15.2. The van der Waals surface area contributed by atoms with Crippen molar-refractivity contribution in [2.75, 3.05) is 5.75 Å². The van der Waals surface area contributed by atoms with Gasteiger partial charge in [-0.05, 0) is 57.6 Å². The molecule has 1 unspecified atom stereocenters. The van der Waals surface area contributed by atoms with Crippen LogP contribution in [0.5, 0.6) is 0 Å². The molecule has 4 aromatic rings. The molecule has 0 saturated carbocycles. The number of thiophene rings is 2.